The van der Waals surface area contributed by atoms with Gasteiger partial charge in [-0.1, -0.05) is 13.3 Å². The van der Waals surface area contributed by atoms with Gasteiger partial charge in [0, 0.05) is 42.4 Å². The van der Waals surface area contributed by atoms with Gasteiger partial charge in [-0.25, -0.2) is 0 Å². The number of nitrogens with one attached hydrogen (secondary N) is 1. The molecule has 5 heteroatoms. The first kappa shape index (κ1) is 24.6. The Labute approximate surface area is 205 Å². The Morgan fingerprint density at radius 2 is 1.74 bits per heavy atom. The van der Waals surface area contributed by atoms with E-state index in [1.807, 2.05) is 6.20 Å². The Hall–Kier alpha value is -2.53. The van der Waals surface area contributed by atoms with Crippen LogP contribution < -0.4 is 10.2 Å². The van der Waals surface area contributed by atoms with Gasteiger partial charge in [-0.3, -0.25) is 4.99 Å². The number of aromatic nitrogens is 2. The van der Waals surface area contributed by atoms with Gasteiger partial charge in [-0.15, -0.1) is 10.2 Å². The number of nitrogens with zero attached hydrogens (tertiary/aromatic N) is 4. The van der Waals surface area contributed by atoms with Crippen LogP contribution in [0.1, 0.15) is 83.9 Å². The molecule has 5 nitrogen and oxygen atoms in total. The highest BCUT2D eigenvalue weighted by Crippen LogP contribution is 2.34. The lowest BCUT2D eigenvalue weighted by Crippen LogP contribution is -2.62. The normalized spacial score (nSPS) is 19.6. The lowest BCUT2D eigenvalue weighted by molar-refractivity contribution is 0.160. The Balaban J connectivity index is 1.61. The number of rotatable bonds is 6. The molecule has 4 rings (SSSR count). The maximum atomic E-state index is 4.73. The summed E-state index contributed by atoms with van der Waals surface area (Å²) in [5.41, 5.74) is 8.67. The molecule has 2 aliphatic rings. The second-order valence-corrected chi connectivity index (χ2v) is 11.6. The van der Waals surface area contributed by atoms with Crippen LogP contribution in [0, 0.1) is 6.92 Å². The highest BCUT2D eigenvalue weighted by Gasteiger charge is 2.39. The molecule has 1 saturated heterocycles. The van der Waals surface area contributed by atoms with Crippen LogP contribution >= 0.6 is 0 Å². The van der Waals surface area contributed by atoms with E-state index in [0.717, 1.165) is 43.6 Å². The highest BCUT2D eigenvalue weighted by molar-refractivity contribution is 6.04. The minimum atomic E-state index is 0.0969. The van der Waals surface area contributed by atoms with Crippen molar-refractivity contribution in [1.29, 1.82) is 0 Å². The van der Waals surface area contributed by atoms with Crippen molar-refractivity contribution in [2.24, 2.45) is 4.99 Å². The van der Waals surface area contributed by atoms with Crippen LogP contribution in [0.4, 0.5) is 5.82 Å². The van der Waals surface area contributed by atoms with E-state index < -0.39 is 0 Å². The largest absolute Gasteiger partial charge is 0.355 e. The molecular weight excluding hydrogens is 418 g/mol. The lowest BCUT2D eigenvalue weighted by Gasteiger charge is -2.49. The van der Waals surface area contributed by atoms with E-state index in [1.165, 1.54) is 33.5 Å². The van der Waals surface area contributed by atoms with Gasteiger partial charge in [-0.05, 0) is 107 Å². The number of allylic oxidation sites excluding steroid dienone is 1. The van der Waals surface area contributed by atoms with Crippen LogP contribution in [0.25, 0.3) is 11.3 Å². The molecule has 0 amide bonds. The Morgan fingerprint density at radius 3 is 2.29 bits per heavy atom. The molecule has 182 valence electrons. The van der Waals surface area contributed by atoms with Crippen molar-refractivity contribution in [3.8, 4) is 11.3 Å². The fraction of sp³-hybridized carbons (Fsp3) is 0.552. The second-order valence-electron chi connectivity index (χ2n) is 11.6. The standard InChI is InChI=1S/C29H41N5/c1-9-10-21-15-22(25-13-19(2)18-30-25)14-20(3)27(21)24-11-12-26(32-31-24)34(8)23-16-28(4,5)33-29(6,7)17-23/h11-12,14-15,18,23,33H,9-10,13,16-17H2,1-8H3. The van der Waals surface area contributed by atoms with Crippen molar-refractivity contribution in [2.75, 3.05) is 11.9 Å². The highest BCUT2D eigenvalue weighted by atomic mass is 15.3. The van der Waals surface area contributed by atoms with Gasteiger partial charge < -0.3 is 10.2 Å². The van der Waals surface area contributed by atoms with E-state index in [1.54, 1.807) is 0 Å². The molecule has 1 aromatic carbocycles. The van der Waals surface area contributed by atoms with Crippen LogP contribution in [0.2, 0.25) is 0 Å². The third-order valence-corrected chi connectivity index (χ3v) is 7.14. The zero-order chi connectivity index (χ0) is 24.7. The minimum absolute atomic E-state index is 0.0969. The van der Waals surface area contributed by atoms with E-state index in [9.17, 15) is 0 Å². The summed E-state index contributed by atoms with van der Waals surface area (Å²) in [6.45, 7) is 15.7. The number of aryl methyl sites for hydroxylation is 2. The molecule has 1 N–H and O–H groups in total. The van der Waals surface area contributed by atoms with E-state index in [0.29, 0.717) is 6.04 Å². The summed E-state index contributed by atoms with van der Waals surface area (Å²) in [6, 6.07) is 9.30. The molecule has 1 fully saturated rings. The average molecular weight is 460 g/mol. The van der Waals surface area contributed by atoms with Crippen molar-refractivity contribution >= 4 is 11.5 Å². The first-order chi connectivity index (χ1) is 16.0. The molecule has 0 saturated carbocycles. The fourth-order valence-corrected chi connectivity index (χ4v) is 5.96. The molecule has 2 aromatic rings. The van der Waals surface area contributed by atoms with Gasteiger partial charge in [-0.2, -0.15) is 0 Å². The van der Waals surface area contributed by atoms with Crippen LogP contribution in [-0.4, -0.2) is 40.1 Å². The van der Waals surface area contributed by atoms with Crippen molar-refractivity contribution in [1.82, 2.24) is 15.5 Å². The first-order valence-corrected chi connectivity index (χ1v) is 12.7. The number of hydrogen-bond donors (Lipinski definition) is 1. The van der Waals surface area contributed by atoms with Gasteiger partial charge >= 0.3 is 0 Å². The average Bonchev–Trinajstić information content (AvgIpc) is 3.18. The van der Waals surface area contributed by atoms with Gasteiger partial charge in [0.2, 0.25) is 0 Å². The molecule has 34 heavy (non-hydrogen) atoms. The summed E-state index contributed by atoms with van der Waals surface area (Å²) in [4.78, 5) is 6.96. The SMILES string of the molecule is CCCc1cc(C2=NC=C(C)C2)cc(C)c1-c1ccc(N(C)C2CC(C)(C)NC(C)(C)C2)nn1. The topological polar surface area (TPSA) is 53.4 Å². The summed E-state index contributed by atoms with van der Waals surface area (Å²) >= 11 is 0. The Kier molecular flexibility index (Phi) is 6.69. The van der Waals surface area contributed by atoms with Crippen molar-refractivity contribution in [3.05, 3.63) is 52.7 Å². The van der Waals surface area contributed by atoms with Gasteiger partial charge in [0.05, 0.1) is 11.4 Å². The third kappa shape index (κ3) is 5.25. The number of hydrogen-bond acceptors (Lipinski definition) is 5. The molecule has 0 bridgehead atoms. The lowest BCUT2D eigenvalue weighted by atomic mass is 9.79. The zero-order valence-electron chi connectivity index (χ0n) is 22.3. The van der Waals surface area contributed by atoms with Crippen LogP contribution in [0.5, 0.6) is 0 Å². The zero-order valence-corrected chi connectivity index (χ0v) is 22.3. The van der Waals surface area contributed by atoms with Crippen molar-refractivity contribution < 1.29 is 0 Å². The third-order valence-electron chi connectivity index (χ3n) is 7.14. The van der Waals surface area contributed by atoms with E-state index in [2.05, 4.69) is 95.0 Å². The quantitative estimate of drug-likeness (QED) is 0.555. The molecule has 2 aliphatic heterocycles. The van der Waals surface area contributed by atoms with Gasteiger partial charge in [0.25, 0.3) is 0 Å². The first-order valence-electron chi connectivity index (χ1n) is 12.7. The second kappa shape index (κ2) is 9.26. The predicted octanol–water partition coefficient (Wildman–Crippen LogP) is 6.25. The van der Waals surface area contributed by atoms with Gasteiger partial charge in [0.15, 0.2) is 5.82 Å². The Bertz CT molecular complexity index is 1090. The van der Waals surface area contributed by atoms with Crippen LogP contribution in [0.3, 0.4) is 0 Å². The number of piperidine rings is 1. The molecule has 1 aromatic heterocycles. The number of benzene rings is 1. The molecule has 0 unspecified atom stereocenters. The number of aliphatic imine (C=N–C) groups is 1. The molecule has 0 radical (unpaired) electrons. The van der Waals surface area contributed by atoms with Crippen molar-refractivity contribution in [3.63, 3.8) is 0 Å². The summed E-state index contributed by atoms with van der Waals surface area (Å²) in [5, 5.41) is 13.2. The van der Waals surface area contributed by atoms with Gasteiger partial charge in [0.1, 0.15) is 0 Å². The fourth-order valence-electron chi connectivity index (χ4n) is 5.96. The minimum Gasteiger partial charge on any atom is -0.355 e. The predicted molar refractivity (Wildman–Crippen MR) is 144 cm³/mol. The summed E-state index contributed by atoms with van der Waals surface area (Å²) in [7, 11) is 2.16. The van der Waals surface area contributed by atoms with E-state index >= 15 is 0 Å². The van der Waals surface area contributed by atoms with E-state index in [-0.39, 0.29) is 11.1 Å². The summed E-state index contributed by atoms with van der Waals surface area (Å²) in [5.74, 6) is 0.940. The molecular formula is C29H41N5. The Morgan fingerprint density at radius 1 is 1.03 bits per heavy atom. The molecule has 0 spiro atoms. The summed E-state index contributed by atoms with van der Waals surface area (Å²) in [6.07, 6.45) is 7.20. The maximum Gasteiger partial charge on any atom is 0.151 e. The van der Waals surface area contributed by atoms with Crippen molar-refractivity contribution in [2.45, 2.75) is 97.7 Å². The smallest absolute Gasteiger partial charge is 0.151 e. The monoisotopic (exact) mass is 459 g/mol. The summed E-state index contributed by atoms with van der Waals surface area (Å²) < 4.78 is 0. The maximum absolute atomic E-state index is 4.73. The number of anilines is 1. The van der Waals surface area contributed by atoms with Crippen LogP contribution in [-0.2, 0) is 6.42 Å². The van der Waals surface area contributed by atoms with Crippen LogP contribution in [0.15, 0.2) is 41.0 Å². The molecule has 3 heterocycles. The molecule has 0 atom stereocenters. The molecule has 0 aliphatic carbocycles. The van der Waals surface area contributed by atoms with E-state index in [4.69, 9.17) is 10.2 Å².